The minimum Gasteiger partial charge on any atom is -0.465 e. The van der Waals surface area contributed by atoms with E-state index < -0.39 is 16.0 Å². The summed E-state index contributed by atoms with van der Waals surface area (Å²) in [5.41, 5.74) is 1.02. The number of hydrogen-bond acceptors (Lipinski definition) is 6. The fourth-order valence-corrected chi connectivity index (χ4v) is 6.47. The Bertz CT molecular complexity index is 1080. The Kier molecular flexibility index (Phi) is 7.28. The van der Waals surface area contributed by atoms with Crippen LogP contribution >= 0.6 is 22.9 Å². The quantitative estimate of drug-likeness (QED) is 0.591. The number of methoxy groups -OCH3 is 1. The number of benzene rings is 1. The van der Waals surface area contributed by atoms with Gasteiger partial charge in [-0.1, -0.05) is 31.9 Å². The van der Waals surface area contributed by atoms with E-state index >= 15 is 0 Å². The van der Waals surface area contributed by atoms with Crippen LogP contribution in [0.3, 0.4) is 0 Å². The molecule has 0 aliphatic carbocycles. The third-order valence-electron chi connectivity index (χ3n) is 5.33. The molecule has 0 unspecified atom stereocenters. The van der Waals surface area contributed by atoms with E-state index in [-0.39, 0.29) is 28.1 Å². The van der Waals surface area contributed by atoms with Gasteiger partial charge in [-0.15, -0.1) is 11.3 Å². The summed E-state index contributed by atoms with van der Waals surface area (Å²) < 4.78 is 33.5. The number of amides is 1. The number of sulfonamides is 1. The molecule has 0 radical (unpaired) electrons. The molecule has 2 heterocycles. The lowest BCUT2D eigenvalue weighted by atomic mass is 10.0. The molecule has 3 rings (SSSR count). The number of ether oxygens (including phenoxy) is 1. The number of rotatable bonds is 7. The maximum Gasteiger partial charge on any atom is 0.340 e. The van der Waals surface area contributed by atoms with Crippen molar-refractivity contribution in [3.05, 3.63) is 45.3 Å². The Morgan fingerprint density at radius 3 is 2.58 bits per heavy atom. The van der Waals surface area contributed by atoms with Gasteiger partial charge >= 0.3 is 5.97 Å². The number of nitrogens with one attached hydrogen (secondary N) is 1. The van der Waals surface area contributed by atoms with Crippen LogP contribution in [-0.2, 0) is 32.5 Å². The molecular formula is C21H25ClN2O5S2. The maximum atomic E-state index is 13.1. The lowest BCUT2D eigenvalue weighted by Crippen LogP contribution is -2.36. The van der Waals surface area contributed by atoms with Crippen LogP contribution in [-0.4, -0.2) is 38.8 Å². The van der Waals surface area contributed by atoms with Gasteiger partial charge in [0, 0.05) is 28.6 Å². The van der Waals surface area contributed by atoms with Crippen molar-refractivity contribution in [2.45, 2.75) is 43.9 Å². The minimum absolute atomic E-state index is 0.0386. The van der Waals surface area contributed by atoms with Crippen molar-refractivity contribution >= 4 is 50.5 Å². The van der Waals surface area contributed by atoms with Gasteiger partial charge in [0.25, 0.3) is 10.0 Å². The van der Waals surface area contributed by atoms with Crippen LogP contribution in [0.25, 0.3) is 0 Å². The Morgan fingerprint density at radius 1 is 1.29 bits per heavy atom. The molecule has 0 fully saturated rings. The maximum absolute atomic E-state index is 13.1. The second-order valence-corrected chi connectivity index (χ2v) is 11.0. The van der Waals surface area contributed by atoms with Crippen molar-refractivity contribution in [1.29, 1.82) is 0 Å². The van der Waals surface area contributed by atoms with Crippen LogP contribution in [0.5, 0.6) is 0 Å². The van der Waals surface area contributed by atoms with E-state index in [1.54, 1.807) is 29.2 Å². The largest absolute Gasteiger partial charge is 0.465 e. The summed E-state index contributed by atoms with van der Waals surface area (Å²) in [5, 5.41) is 0.479. The van der Waals surface area contributed by atoms with E-state index in [1.165, 1.54) is 7.11 Å². The number of anilines is 1. The Labute approximate surface area is 191 Å². The topological polar surface area (TPSA) is 92.8 Å². The SMILES string of the molecule is CC[C@H](C)CC(=O)N1CCc2c(sc(S(=O)(=O)Nc3ccc(Cl)cc3)c2C(=O)OC)C1. The first-order chi connectivity index (χ1) is 14.7. The number of nitrogens with zero attached hydrogens (tertiary/aromatic N) is 1. The Morgan fingerprint density at radius 2 is 1.97 bits per heavy atom. The fraction of sp³-hybridized carbons (Fsp3) is 0.429. The first-order valence-corrected chi connectivity index (χ1v) is 12.6. The number of carbonyl (C=O) groups is 2. The molecule has 1 N–H and O–H groups in total. The van der Waals surface area contributed by atoms with E-state index in [9.17, 15) is 18.0 Å². The van der Waals surface area contributed by atoms with Gasteiger partial charge < -0.3 is 9.64 Å². The lowest BCUT2D eigenvalue weighted by molar-refractivity contribution is -0.133. The third kappa shape index (κ3) is 5.22. The molecule has 0 bridgehead atoms. The highest BCUT2D eigenvalue weighted by atomic mass is 35.5. The zero-order valence-electron chi connectivity index (χ0n) is 17.6. The van der Waals surface area contributed by atoms with Gasteiger partial charge in [0.05, 0.1) is 19.2 Å². The van der Waals surface area contributed by atoms with Crippen LogP contribution in [0.1, 0.15) is 47.5 Å². The van der Waals surface area contributed by atoms with Crippen molar-refractivity contribution in [1.82, 2.24) is 4.90 Å². The van der Waals surface area contributed by atoms with E-state index in [2.05, 4.69) is 4.72 Å². The van der Waals surface area contributed by atoms with E-state index in [1.807, 2.05) is 13.8 Å². The average Bonchev–Trinajstić information content (AvgIpc) is 3.14. The van der Waals surface area contributed by atoms with Crippen molar-refractivity contribution < 1.29 is 22.7 Å². The molecule has 1 aromatic carbocycles. The molecule has 168 valence electrons. The highest BCUT2D eigenvalue weighted by molar-refractivity contribution is 7.94. The average molecular weight is 485 g/mol. The number of thiophene rings is 1. The number of halogens is 1. The molecule has 0 saturated heterocycles. The molecule has 31 heavy (non-hydrogen) atoms. The summed E-state index contributed by atoms with van der Waals surface area (Å²) in [7, 11) is -2.82. The molecule has 7 nitrogen and oxygen atoms in total. The minimum atomic E-state index is -4.05. The number of hydrogen-bond donors (Lipinski definition) is 1. The van der Waals surface area contributed by atoms with Crippen LogP contribution in [0.2, 0.25) is 5.02 Å². The standard InChI is InChI=1S/C21H25ClN2O5S2/c1-4-13(2)11-18(25)24-10-9-16-17(12-24)30-21(19(16)20(26)29-3)31(27,28)23-15-7-5-14(22)6-8-15/h5-8,13,23H,4,9-12H2,1-3H3/t13-/m0/s1. The Hall–Kier alpha value is -2.10. The van der Waals surface area contributed by atoms with Crippen molar-refractivity contribution in [3.8, 4) is 0 Å². The van der Waals surface area contributed by atoms with E-state index in [0.717, 1.165) is 17.8 Å². The van der Waals surface area contributed by atoms with Gasteiger partial charge in [-0.25, -0.2) is 13.2 Å². The Balaban J connectivity index is 1.94. The molecule has 2 aromatic rings. The van der Waals surface area contributed by atoms with Crippen molar-refractivity contribution in [3.63, 3.8) is 0 Å². The van der Waals surface area contributed by atoms with E-state index in [0.29, 0.717) is 40.5 Å². The summed E-state index contributed by atoms with van der Waals surface area (Å²) in [5.74, 6) is -0.382. The highest BCUT2D eigenvalue weighted by Crippen LogP contribution is 2.37. The van der Waals surface area contributed by atoms with Gasteiger partial charge in [0.1, 0.15) is 0 Å². The van der Waals surface area contributed by atoms with Gasteiger partial charge in [-0.2, -0.15) is 0 Å². The summed E-state index contributed by atoms with van der Waals surface area (Å²) in [6, 6.07) is 6.22. The number of fused-ring (bicyclic) bond motifs is 1. The summed E-state index contributed by atoms with van der Waals surface area (Å²) in [6.45, 7) is 4.79. The highest BCUT2D eigenvalue weighted by Gasteiger charge is 2.35. The van der Waals surface area contributed by atoms with Crippen molar-refractivity contribution in [2.24, 2.45) is 5.92 Å². The van der Waals surface area contributed by atoms with Gasteiger partial charge in [-0.3, -0.25) is 9.52 Å². The summed E-state index contributed by atoms with van der Waals surface area (Å²) in [6.07, 6.45) is 1.76. The molecule has 10 heteroatoms. The normalized spacial score (nSPS) is 14.6. The fourth-order valence-electron chi connectivity index (χ4n) is 3.38. The molecule has 1 aliphatic rings. The lowest BCUT2D eigenvalue weighted by Gasteiger charge is -2.28. The number of carbonyl (C=O) groups excluding carboxylic acids is 2. The molecule has 0 spiro atoms. The first kappa shape index (κ1) is 23.6. The zero-order valence-corrected chi connectivity index (χ0v) is 20.0. The van der Waals surface area contributed by atoms with Gasteiger partial charge in [0.2, 0.25) is 5.91 Å². The molecule has 0 saturated carbocycles. The van der Waals surface area contributed by atoms with Crippen LogP contribution in [0, 0.1) is 5.92 Å². The van der Waals surface area contributed by atoms with E-state index in [4.69, 9.17) is 16.3 Å². The molecule has 1 aromatic heterocycles. The summed E-state index contributed by atoms with van der Waals surface area (Å²) in [4.78, 5) is 27.6. The van der Waals surface area contributed by atoms with Gasteiger partial charge in [0.15, 0.2) is 4.21 Å². The van der Waals surface area contributed by atoms with Crippen LogP contribution in [0.4, 0.5) is 5.69 Å². The van der Waals surface area contributed by atoms with Gasteiger partial charge in [-0.05, 0) is 42.2 Å². The summed E-state index contributed by atoms with van der Waals surface area (Å²) >= 11 is 6.87. The molecule has 1 amide bonds. The first-order valence-electron chi connectivity index (χ1n) is 9.95. The number of esters is 1. The van der Waals surface area contributed by atoms with Crippen LogP contribution in [0.15, 0.2) is 28.5 Å². The molecule has 1 aliphatic heterocycles. The molecular weight excluding hydrogens is 460 g/mol. The van der Waals surface area contributed by atoms with Crippen LogP contribution < -0.4 is 4.72 Å². The predicted molar refractivity (Wildman–Crippen MR) is 121 cm³/mol. The third-order valence-corrected chi connectivity index (χ3v) is 8.70. The smallest absolute Gasteiger partial charge is 0.340 e. The second-order valence-electron chi connectivity index (χ2n) is 7.55. The van der Waals surface area contributed by atoms with Crippen molar-refractivity contribution in [2.75, 3.05) is 18.4 Å². The second kappa shape index (κ2) is 9.58. The predicted octanol–water partition coefficient (Wildman–Crippen LogP) is 4.31. The monoisotopic (exact) mass is 484 g/mol. The molecule has 1 atom stereocenters. The zero-order chi connectivity index (χ0) is 22.8.